The Bertz CT molecular complexity index is 1730. The molecule has 0 fully saturated rings. The molecule has 0 saturated heterocycles. The van der Waals surface area contributed by atoms with Crippen molar-refractivity contribution in [1.29, 1.82) is 0 Å². The number of benzene rings is 2. The number of ketones is 2. The van der Waals surface area contributed by atoms with Crippen molar-refractivity contribution in [3.8, 4) is 11.5 Å². The molecular formula is C36H41NO8S. The van der Waals surface area contributed by atoms with Gasteiger partial charge in [0.1, 0.15) is 11.4 Å². The van der Waals surface area contributed by atoms with Gasteiger partial charge in [-0.15, -0.1) is 6.58 Å². The van der Waals surface area contributed by atoms with Gasteiger partial charge in [-0.2, -0.15) is 8.42 Å². The Labute approximate surface area is 270 Å². The third kappa shape index (κ3) is 6.40. The van der Waals surface area contributed by atoms with Gasteiger partial charge in [-0.05, 0) is 60.8 Å². The number of ether oxygens (including phenoxy) is 1. The Morgan fingerprint density at radius 2 is 1.54 bits per heavy atom. The number of carbonyl (C=O) groups excluding carboxylic acids is 2. The lowest BCUT2D eigenvalue weighted by atomic mass is 9.63. The second-order valence-electron chi connectivity index (χ2n) is 13.8. The lowest BCUT2D eigenvalue weighted by Crippen LogP contribution is -2.45. The van der Waals surface area contributed by atoms with E-state index in [0.29, 0.717) is 46.5 Å². The van der Waals surface area contributed by atoms with Crippen LogP contribution in [-0.4, -0.2) is 49.1 Å². The van der Waals surface area contributed by atoms with Crippen LogP contribution in [0.25, 0.3) is 0 Å². The van der Waals surface area contributed by atoms with E-state index < -0.39 is 32.8 Å². The van der Waals surface area contributed by atoms with Crippen molar-refractivity contribution in [3.63, 3.8) is 0 Å². The van der Waals surface area contributed by atoms with Crippen molar-refractivity contribution in [2.24, 2.45) is 10.8 Å². The van der Waals surface area contributed by atoms with Gasteiger partial charge in [0.05, 0.1) is 6.61 Å². The maximum absolute atomic E-state index is 14.1. The van der Waals surface area contributed by atoms with Crippen LogP contribution in [0, 0.1) is 10.8 Å². The zero-order valence-corrected chi connectivity index (χ0v) is 27.8. The number of nitrogens with zero attached hydrogens (tertiary/aromatic N) is 1. The molecular weight excluding hydrogens is 606 g/mol. The molecule has 46 heavy (non-hydrogen) atoms. The first-order valence-electron chi connectivity index (χ1n) is 15.5. The van der Waals surface area contributed by atoms with Crippen LogP contribution in [-0.2, 0) is 30.9 Å². The van der Waals surface area contributed by atoms with E-state index in [1.807, 2.05) is 27.7 Å². The molecule has 9 nitrogen and oxygen atoms in total. The van der Waals surface area contributed by atoms with E-state index in [9.17, 15) is 27.9 Å². The van der Waals surface area contributed by atoms with Crippen LogP contribution < -0.4 is 8.92 Å². The molecule has 0 atom stereocenters. The monoisotopic (exact) mass is 647 g/mol. The maximum Gasteiger partial charge on any atom is 0.339 e. The summed E-state index contributed by atoms with van der Waals surface area (Å²) in [6.07, 6.45) is 3.21. The molecule has 5 rings (SSSR count). The van der Waals surface area contributed by atoms with Crippen LogP contribution in [0.4, 0.5) is 0 Å². The minimum absolute atomic E-state index is 0.00767. The largest absolute Gasteiger partial charge is 0.490 e. The smallest absolute Gasteiger partial charge is 0.339 e. The van der Waals surface area contributed by atoms with E-state index >= 15 is 0 Å². The van der Waals surface area contributed by atoms with E-state index in [1.165, 1.54) is 12.1 Å². The number of hydrogen-bond acceptors (Lipinski definition) is 8. The Hall–Kier alpha value is -4.18. The van der Waals surface area contributed by atoms with E-state index in [2.05, 4.69) is 6.58 Å². The Balaban J connectivity index is 1.78. The number of hydrogen-bond donors (Lipinski definition) is 1. The van der Waals surface area contributed by atoms with Crippen molar-refractivity contribution < 1.29 is 36.8 Å². The first-order chi connectivity index (χ1) is 21.6. The first kappa shape index (κ1) is 33.2. The van der Waals surface area contributed by atoms with E-state index in [-0.39, 0.29) is 60.4 Å². The topological polar surface area (TPSA) is 127 Å². The lowest BCUT2D eigenvalue weighted by Gasteiger charge is -2.48. The highest BCUT2D eigenvalue weighted by Gasteiger charge is 2.49. The number of carboxylic acid groups (broad SMARTS) is 1. The highest BCUT2D eigenvalue weighted by molar-refractivity contribution is 7.87. The zero-order chi connectivity index (χ0) is 33.6. The van der Waals surface area contributed by atoms with E-state index in [1.54, 1.807) is 48.2 Å². The maximum atomic E-state index is 14.1. The Morgan fingerprint density at radius 3 is 2.04 bits per heavy atom. The summed E-state index contributed by atoms with van der Waals surface area (Å²) in [5, 5.41) is 9.97. The second kappa shape index (κ2) is 12.2. The normalized spacial score (nSPS) is 19.5. The number of carbonyl (C=O) groups is 3. The average molecular weight is 648 g/mol. The van der Waals surface area contributed by atoms with Gasteiger partial charge in [-0.25, -0.2) is 0 Å². The molecule has 1 heterocycles. The van der Waals surface area contributed by atoms with Crippen LogP contribution in [0.2, 0.25) is 0 Å². The van der Waals surface area contributed by atoms with E-state index in [4.69, 9.17) is 8.92 Å². The molecule has 0 unspecified atom stereocenters. The first-order valence-corrected chi connectivity index (χ1v) is 16.9. The van der Waals surface area contributed by atoms with Crippen molar-refractivity contribution in [2.45, 2.75) is 77.5 Å². The molecule has 0 bridgehead atoms. The van der Waals surface area contributed by atoms with Gasteiger partial charge in [0.2, 0.25) is 0 Å². The minimum atomic E-state index is -4.24. The molecule has 2 aromatic rings. The summed E-state index contributed by atoms with van der Waals surface area (Å²) in [4.78, 5) is 42.0. The SMILES string of the molecule is C=CCc1cc(C2C3=C(CC(C)(C)CC3=O)N(CC(=O)O)C3=C2C(=O)CC(C)(C)C3)cc(OCC)c1OS(=O)(=O)c1ccccc1. The van der Waals surface area contributed by atoms with Gasteiger partial charge in [-0.1, -0.05) is 58.0 Å². The van der Waals surface area contributed by atoms with Gasteiger partial charge < -0.3 is 18.9 Å². The molecule has 2 aliphatic carbocycles. The molecule has 0 aromatic heterocycles. The molecule has 10 heteroatoms. The van der Waals surface area contributed by atoms with Crippen LogP contribution in [0.3, 0.4) is 0 Å². The Kier molecular flexibility index (Phi) is 8.81. The van der Waals surface area contributed by atoms with Crippen LogP contribution in [0.5, 0.6) is 11.5 Å². The Morgan fingerprint density at radius 1 is 0.978 bits per heavy atom. The fraction of sp³-hybridized carbons (Fsp3) is 0.417. The predicted molar refractivity (Wildman–Crippen MR) is 173 cm³/mol. The summed E-state index contributed by atoms with van der Waals surface area (Å²) >= 11 is 0. The molecule has 2 aromatic carbocycles. The molecule has 0 amide bonds. The summed E-state index contributed by atoms with van der Waals surface area (Å²) < 4.78 is 38.4. The molecule has 1 aliphatic heterocycles. The molecule has 244 valence electrons. The third-order valence-corrected chi connectivity index (χ3v) is 9.93. The minimum Gasteiger partial charge on any atom is -0.490 e. The predicted octanol–water partition coefficient (Wildman–Crippen LogP) is 6.35. The van der Waals surface area contributed by atoms with Crippen molar-refractivity contribution in [3.05, 3.63) is 88.8 Å². The number of Topliss-reactive ketones (excluding diaryl/α,β-unsaturated/α-hetero) is 2. The number of aliphatic carboxylic acids is 1. The molecule has 0 spiro atoms. The molecule has 1 N–H and O–H groups in total. The summed E-state index contributed by atoms with van der Waals surface area (Å²) in [5.74, 6) is -1.98. The fourth-order valence-corrected chi connectivity index (χ4v) is 7.96. The van der Waals surface area contributed by atoms with Crippen LogP contribution >= 0.6 is 0 Å². The van der Waals surface area contributed by atoms with Crippen LogP contribution in [0.1, 0.15) is 77.3 Å². The summed E-state index contributed by atoms with van der Waals surface area (Å²) in [7, 11) is -4.24. The number of carboxylic acids is 1. The summed E-state index contributed by atoms with van der Waals surface area (Å²) in [6, 6.07) is 11.2. The number of allylic oxidation sites excluding steroid dienone is 5. The molecule has 3 aliphatic rings. The van der Waals surface area contributed by atoms with Gasteiger partial charge in [0.15, 0.2) is 23.1 Å². The van der Waals surface area contributed by atoms with Gasteiger partial charge >= 0.3 is 16.1 Å². The quantitative estimate of drug-likeness (QED) is 0.232. The molecule has 0 radical (unpaired) electrons. The zero-order valence-electron chi connectivity index (χ0n) is 27.0. The van der Waals surface area contributed by atoms with Crippen molar-refractivity contribution >= 4 is 27.7 Å². The van der Waals surface area contributed by atoms with Gasteiger partial charge in [0.25, 0.3) is 0 Å². The summed E-state index contributed by atoms with van der Waals surface area (Å²) in [6.45, 7) is 13.4. The van der Waals surface area contributed by atoms with Crippen molar-refractivity contribution in [1.82, 2.24) is 4.90 Å². The average Bonchev–Trinajstić information content (AvgIpc) is 2.94. The van der Waals surface area contributed by atoms with Gasteiger partial charge in [-0.3, -0.25) is 14.4 Å². The standard InChI is InChI=1S/C36H41NO8S/c1-7-12-22-15-23(16-29(44-8-2)34(22)45-46(42,43)24-13-10-9-11-14-24)31-32-25(17-35(3,4)19-27(32)38)37(21-30(40)41)26-18-36(5,6)20-28(39)33(26)31/h7,9-11,13-16,31H,1,8,12,17-21H2,2-6H3,(H,40,41). The van der Waals surface area contributed by atoms with E-state index in [0.717, 1.165) is 0 Å². The third-order valence-electron chi connectivity index (χ3n) is 8.69. The lowest BCUT2D eigenvalue weighted by molar-refractivity contribution is -0.138. The highest BCUT2D eigenvalue weighted by Crippen LogP contribution is 2.55. The highest BCUT2D eigenvalue weighted by atomic mass is 32.2. The van der Waals surface area contributed by atoms with Crippen LogP contribution in [0.15, 0.2) is 82.6 Å². The number of rotatable bonds is 10. The second-order valence-corrected chi connectivity index (χ2v) is 15.3. The van der Waals surface area contributed by atoms with Gasteiger partial charge in [0, 0.05) is 46.9 Å². The molecule has 0 saturated carbocycles. The summed E-state index contributed by atoms with van der Waals surface area (Å²) in [5.41, 5.74) is 2.24. The fourth-order valence-electron chi connectivity index (χ4n) is 6.97. The van der Waals surface area contributed by atoms with Crippen molar-refractivity contribution in [2.75, 3.05) is 13.2 Å².